The molecule has 2 atom stereocenters. The van der Waals surface area contributed by atoms with E-state index in [1.54, 1.807) is 0 Å². The van der Waals surface area contributed by atoms with Crippen molar-refractivity contribution in [1.29, 1.82) is 0 Å². The SMILES string of the molecule is O=C1O[C@H](c2ccc3ccccc3c2)[C@H](c2ccccc2)S1. The third kappa shape index (κ3) is 2.38. The van der Waals surface area contributed by atoms with Crippen LogP contribution in [0.4, 0.5) is 4.79 Å². The van der Waals surface area contributed by atoms with Crippen molar-refractivity contribution in [3.63, 3.8) is 0 Å². The van der Waals surface area contributed by atoms with Crippen LogP contribution in [0.15, 0.2) is 72.8 Å². The van der Waals surface area contributed by atoms with Crippen LogP contribution in [0.2, 0.25) is 0 Å². The molecule has 0 aromatic heterocycles. The summed E-state index contributed by atoms with van der Waals surface area (Å²) in [5.41, 5.74) is 2.17. The number of thioether (sulfide) groups is 1. The molecule has 1 heterocycles. The van der Waals surface area contributed by atoms with E-state index in [-0.39, 0.29) is 16.7 Å². The number of ether oxygens (including phenoxy) is 1. The molecule has 22 heavy (non-hydrogen) atoms. The molecule has 4 rings (SSSR count). The van der Waals surface area contributed by atoms with Gasteiger partial charge in [0.2, 0.25) is 0 Å². The Balaban J connectivity index is 1.76. The van der Waals surface area contributed by atoms with Gasteiger partial charge in [-0.3, -0.25) is 0 Å². The first kappa shape index (κ1) is 13.4. The zero-order valence-electron chi connectivity index (χ0n) is 11.8. The maximum Gasteiger partial charge on any atom is 0.368 e. The van der Waals surface area contributed by atoms with E-state index < -0.39 is 0 Å². The first-order valence-electron chi connectivity index (χ1n) is 7.22. The molecule has 0 N–H and O–H groups in total. The molecular formula is C19H14O2S. The van der Waals surface area contributed by atoms with E-state index in [2.05, 4.69) is 30.3 Å². The molecule has 1 aliphatic heterocycles. The lowest BCUT2D eigenvalue weighted by Gasteiger charge is -2.17. The summed E-state index contributed by atoms with van der Waals surface area (Å²) in [4.78, 5) is 11.8. The fraction of sp³-hybridized carbons (Fsp3) is 0.105. The van der Waals surface area contributed by atoms with Crippen molar-refractivity contribution in [2.45, 2.75) is 11.4 Å². The summed E-state index contributed by atoms with van der Waals surface area (Å²) in [5, 5.41) is 2.17. The minimum atomic E-state index is -0.232. The molecule has 1 aliphatic rings. The Kier molecular flexibility index (Phi) is 3.35. The molecule has 0 saturated carbocycles. The summed E-state index contributed by atoms with van der Waals surface area (Å²) in [7, 11) is 0. The molecule has 0 bridgehead atoms. The molecule has 108 valence electrons. The highest BCUT2D eigenvalue weighted by Crippen LogP contribution is 2.49. The van der Waals surface area contributed by atoms with Crippen molar-refractivity contribution in [1.82, 2.24) is 0 Å². The van der Waals surface area contributed by atoms with Gasteiger partial charge in [0.25, 0.3) is 0 Å². The van der Waals surface area contributed by atoms with Crippen molar-refractivity contribution < 1.29 is 9.53 Å². The average Bonchev–Trinajstić information content (AvgIpc) is 2.97. The van der Waals surface area contributed by atoms with Crippen LogP contribution in [0.5, 0.6) is 0 Å². The Labute approximate surface area is 133 Å². The van der Waals surface area contributed by atoms with Gasteiger partial charge >= 0.3 is 5.30 Å². The second kappa shape index (κ2) is 5.50. The number of carbonyl (C=O) groups is 1. The zero-order valence-corrected chi connectivity index (χ0v) is 12.6. The number of rotatable bonds is 2. The zero-order chi connectivity index (χ0) is 14.9. The number of carbonyl (C=O) groups excluding carboxylic acids is 1. The molecule has 0 unspecified atom stereocenters. The predicted molar refractivity (Wildman–Crippen MR) is 89.9 cm³/mol. The van der Waals surface area contributed by atoms with Gasteiger partial charge in [-0.1, -0.05) is 66.7 Å². The van der Waals surface area contributed by atoms with Crippen LogP contribution in [-0.2, 0) is 4.74 Å². The third-order valence-electron chi connectivity index (χ3n) is 3.95. The van der Waals surface area contributed by atoms with E-state index in [0.29, 0.717) is 0 Å². The summed E-state index contributed by atoms with van der Waals surface area (Å²) in [5.74, 6) is 0. The number of fused-ring (bicyclic) bond motifs is 1. The molecule has 3 heteroatoms. The lowest BCUT2D eigenvalue weighted by molar-refractivity contribution is 0.133. The van der Waals surface area contributed by atoms with Crippen molar-refractivity contribution in [2.24, 2.45) is 0 Å². The lowest BCUT2D eigenvalue weighted by Crippen LogP contribution is -2.05. The second-order valence-corrected chi connectivity index (χ2v) is 6.42. The smallest absolute Gasteiger partial charge is 0.368 e. The summed E-state index contributed by atoms with van der Waals surface area (Å²) < 4.78 is 5.59. The highest BCUT2D eigenvalue weighted by Gasteiger charge is 2.37. The van der Waals surface area contributed by atoms with E-state index in [0.717, 1.165) is 11.1 Å². The fourth-order valence-corrected chi connectivity index (χ4v) is 3.87. The topological polar surface area (TPSA) is 26.3 Å². The molecule has 2 nitrogen and oxygen atoms in total. The van der Waals surface area contributed by atoms with Crippen molar-refractivity contribution in [2.75, 3.05) is 0 Å². The summed E-state index contributed by atoms with van der Waals surface area (Å²) in [6.07, 6.45) is -0.232. The van der Waals surface area contributed by atoms with Gasteiger partial charge in [-0.15, -0.1) is 0 Å². The van der Waals surface area contributed by atoms with Gasteiger partial charge in [-0.25, -0.2) is 4.79 Å². The second-order valence-electron chi connectivity index (χ2n) is 5.34. The average molecular weight is 306 g/mol. The minimum absolute atomic E-state index is 0.00913. The number of hydrogen-bond donors (Lipinski definition) is 0. The molecule has 3 aromatic rings. The molecule has 3 aromatic carbocycles. The quantitative estimate of drug-likeness (QED) is 0.584. The highest BCUT2D eigenvalue weighted by molar-refractivity contribution is 8.13. The van der Waals surface area contributed by atoms with Crippen LogP contribution in [-0.4, -0.2) is 5.30 Å². The van der Waals surface area contributed by atoms with Gasteiger partial charge in [0.1, 0.15) is 6.10 Å². The Morgan fingerprint density at radius 2 is 1.50 bits per heavy atom. The minimum Gasteiger partial charge on any atom is -0.448 e. The molecule has 0 radical (unpaired) electrons. The molecular weight excluding hydrogens is 292 g/mol. The standard InChI is InChI=1S/C19H14O2S/c20-19-21-17(18(22-19)14-7-2-1-3-8-14)16-11-10-13-6-4-5-9-15(13)12-16/h1-12,17-18H/t17-,18+/m1/s1. The summed E-state index contributed by atoms with van der Waals surface area (Å²) >= 11 is 1.27. The Hall–Kier alpha value is -2.26. The molecule has 1 saturated heterocycles. The first-order chi connectivity index (χ1) is 10.8. The Morgan fingerprint density at radius 3 is 2.32 bits per heavy atom. The van der Waals surface area contributed by atoms with Gasteiger partial charge in [0.15, 0.2) is 0 Å². The fourth-order valence-electron chi connectivity index (χ4n) is 2.87. The molecule has 0 amide bonds. The van der Waals surface area contributed by atoms with Gasteiger partial charge in [0.05, 0.1) is 5.25 Å². The predicted octanol–water partition coefficient (Wildman–Crippen LogP) is 5.51. The number of cyclic esters (lactones) is 1. The highest BCUT2D eigenvalue weighted by atomic mass is 32.2. The van der Waals surface area contributed by atoms with Crippen LogP contribution < -0.4 is 0 Å². The monoisotopic (exact) mass is 306 g/mol. The van der Waals surface area contributed by atoms with Crippen LogP contribution >= 0.6 is 11.8 Å². The number of hydrogen-bond acceptors (Lipinski definition) is 3. The van der Waals surface area contributed by atoms with Crippen LogP contribution in [0, 0.1) is 0 Å². The van der Waals surface area contributed by atoms with Crippen molar-refractivity contribution >= 4 is 27.8 Å². The van der Waals surface area contributed by atoms with Crippen molar-refractivity contribution in [3.8, 4) is 0 Å². The van der Waals surface area contributed by atoms with Gasteiger partial charge in [-0.05, 0) is 39.7 Å². The van der Waals surface area contributed by atoms with Gasteiger partial charge in [-0.2, -0.15) is 0 Å². The van der Waals surface area contributed by atoms with Gasteiger partial charge < -0.3 is 4.74 Å². The molecule has 0 spiro atoms. The Morgan fingerprint density at radius 1 is 0.773 bits per heavy atom. The first-order valence-corrected chi connectivity index (χ1v) is 8.10. The molecule has 1 fully saturated rings. The summed E-state index contributed by atoms with van der Waals surface area (Å²) in [6, 6.07) is 24.6. The van der Waals surface area contributed by atoms with E-state index in [1.165, 1.54) is 22.5 Å². The summed E-state index contributed by atoms with van der Waals surface area (Å²) in [6.45, 7) is 0. The van der Waals surface area contributed by atoms with Crippen LogP contribution in [0.3, 0.4) is 0 Å². The molecule has 0 aliphatic carbocycles. The normalized spacial score (nSPS) is 21.0. The van der Waals surface area contributed by atoms with Crippen LogP contribution in [0.1, 0.15) is 22.5 Å². The van der Waals surface area contributed by atoms with E-state index in [4.69, 9.17) is 4.74 Å². The maximum atomic E-state index is 11.8. The van der Waals surface area contributed by atoms with Crippen molar-refractivity contribution in [3.05, 3.63) is 83.9 Å². The lowest BCUT2D eigenvalue weighted by atomic mass is 9.98. The largest absolute Gasteiger partial charge is 0.448 e. The van der Waals surface area contributed by atoms with E-state index in [9.17, 15) is 4.79 Å². The number of benzene rings is 3. The van der Waals surface area contributed by atoms with Gasteiger partial charge in [0, 0.05) is 0 Å². The van der Waals surface area contributed by atoms with E-state index in [1.807, 2.05) is 42.5 Å². The third-order valence-corrected chi connectivity index (χ3v) is 5.01. The van der Waals surface area contributed by atoms with E-state index >= 15 is 0 Å². The van der Waals surface area contributed by atoms with Crippen LogP contribution in [0.25, 0.3) is 10.8 Å². The maximum absolute atomic E-state index is 11.8. The Bertz CT molecular complexity index is 829.